The number of nitrogens with one attached hydrogen (secondary N) is 2. The normalized spacial score (nSPS) is 10.6. The van der Waals surface area contributed by atoms with Crippen LogP contribution in [0, 0.1) is 10.1 Å². The number of aromatic nitrogens is 1. The van der Waals surface area contributed by atoms with E-state index in [0.717, 1.165) is 24.9 Å². The van der Waals surface area contributed by atoms with Gasteiger partial charge >= 0.3 is 0 Å². The molecule has 2 rings (SSSR count). The van der Waals surface area contributed by atoms with Crippen molar-refractivity contribution in [3.05, 3.63) is 62.4 Å². The summed E-state index contributed by atoms with van der Waals surface area (Å²) in [6, 6.07) is 9.71. The number of nitro benzene ring substituents is 1. The van der Waals surface area contributed by atoms with Crippen LogP contribution in [-0.2, 0) is 6.54 Å². The summed E-state index contributed by atoms with van der Waals surface area (Å²) in [7, 11) is 0. The van der Waals surface area contributed by atoms with E-state index >= 15 is 0 Å². The third-order valence-corrected chi connectivity index (χ3v) is 3.40. The third kappa shape index (κ3) is 4.02. The standard InChI is InChI=1S/C16H19N3O3/c1-2-3-10-17-11-13-6-9-15(18-16(13)20)12-4-7-14(8-5-12)19(21)22/h4-9,17H,2-3,10-11H2,1H3,(H,18,20). The van der Waals surface area contributed by atoms with Crippen LogP contribution in [0.15, 0.2) is 41.2 Å². The number of pyridine rings is 1. The average molecular weight is 301 g/mol. The van der Waals surface area contributed by atoms with Gasteiger partial charge in [0.15, 0.2) is 0 Å². The SMILES string of the molecule is CCCCNCc1ccc(-c2ccc([N+](=O)[O-])cc2)[nH]c1=O. The lowest BCUT2D eigenvalue weighted by Crippen LogP contribution is -2.21. The minimum Gasteiger partial charge on any atom is -0.322 e. The summed E-state index contributed by atoms with van der Waals surface area (Å²) in [6.45, 7) is 3.55. The van der Waals surface area contributed by atoms with Gasteiger partial charge in [0.1, 0.15) is 0 Å². The van der Waals surface area contributed by atoms with E-state index in [-0.39, 0.29) is 11.2 Å². The number of unbranched alkanes of at least 4 members (excludes halogenated alkanes) is 1. The highest BCUT2D eigenvalue weighted by atomic mass is 16.6. The molecular formula is C16H19N3O3. The van der Waals surface area contributed by atoms with Gasteiger partial charge in [0.2, 0.25) is 0 Å². The second-order valence-corrected chi connectivity index (χ2v) is 5.06. The van der Waals surface area contributed by atoms with E-state index in [0.29, 0.717) is 17.8 Å². The molecule has 22 heavy (non-hydrogen) atoms. The molecule has 0 atom stereocenters. The number of nitrogens with zero attached hydrogens (tertiary/aromatic N) is 1. The van der Waals surface area contributed by atoms with Crippen molar-refractivity contribution in [3.8, 4) is 11.3 Å². The predicted octanol–water partition coefficient (Wildman–Crippen LogP) is 2.84. The Bertz CT molecular complexity index is 693. The van der Waals surface area contributed by atoms with Crippen molar-refractivity contribution >= 4 is 5.69 Å². The van der Waals surface area contributed by atoms with Crippen LogP contribution in [0.2, 0.25) is 0 Å². The highest BCUT2D eigenvalue weighted by Crippen LogP contribution is 2.19. The summed E-state index contributed by atoms with van der Waals surface area (Å²) in [5.74, 6) is 0. The molecule has 0 saturated carbocycles. The summed E-state index contributed by atoms with van der Waals surface area (Å²) in [6.07, 6.45) is 2.20. The maximum absolute atomic E-state index is 12.0. The zero-order valence-electron chi connectivity index (χ0n) is 12.5. The zero-order chi connectivity index (χ0) is 15.9. The van der Waals surface area contributed by atoms with Gasteiger partial charge in [-0.2, -0.15) is 0 Å². The summed E-state index contributed by atoms with van der Waals surface area (Å²) in [5.41, 5.74) is 1.97. The van der Waals surface area contributed by atoms with Gasteiger partial charge in [-0.3, -0.25) is 14.9 Å². The molecule has 1 aromatic carbocycles. The Balaban J connectivity index is 2.11. The predicted molar refractivity (Wildman–Crippen MR) is 85.8 cm³/mol. The first-order valence-electron chi connectivity index (χ1n) is 7.29. The smallest absolute Gasteiger partial charge is 0.269 e. The molecule has 0 aliphatic heterocycles. The minimum atomic E-state index is -0.447. The lowest BCUT2D eigenvalue weighted by molar-refractivity contribution is -0.384. The van der Waals surface area contributed by atoms with E-state index < -0.39 is 4.92 Å². The van der Waals surface area contributed by atoms with Crippen LogP contribution >= 0.6 is 0 Å². The molecule has 116 valence electrons. The van der Waals surface area contributed by atoms with Gasteiger partial charge in [-0.25, -0.2) is 0 Å². The quantitative estimate of drug-likeness (QED) is 0.467. The van der Waals surface area contributed by atoms with Crippen molar-refractivity contribution in [2.45, 2.75) is 26.3 Å². The van der Waals surface area contributed by atoms with Gasteiger partial charge in [0.05, 0.1) is 4.92 Å². The van der Waals surface area contributed by atoms with Crippen molar-refractivity contribution in [2.75, 3.05) is 6.54 Å². The van der Waals surface area contributed by atoms with Crippen LogP contribution in [-0.4, -0.2) is 16.5 Å². The van der Waals surface area contributed by atoms with Crippen LogP contribution in [0.5, 0.6) is 0 Å². The van der Waals surface area contributed by atoms with E-state index in [4.69, 9.17) is 0 Å². The third-order valence-electron chi connectivity index (χ3n) is 3.40. The number of non-ortho nitro benzene ring substituents is 1. The molecule has 0 amide bonds. The van der Waals surface area contributed by atoms with Crippen LogP contribution in [0.4, 0.5) is 5.69 Å². The molecule has 0 radical (unpaired) electrons. The Hall–Kier alpha value is -2.47. The maximum atomic E-state index is 12.0. The maximum Gasteiger partial charge on any atom is 0.269 e. The van der Waals surface area contributed by atoms with Crippen LogP contribution in [0.3, 0.4) is 0 Å². The number of aromatic amines is 1. The molecule has 0 saturated heterocycles. The molecule has 0 aliphatic rings. The van der Waals surface area contributed by atoms with Crippen molar-refractivity contribution < 1.29 is 4.92 Å². The molecule has 2 N–H and O–H groups in total. The van der Waals surface area contributed by atoms with E-state index in [1.54, 1.807) is 18.2 Å². The fourth-order valence-corrected chi connectivity index (χ4v) is 2.10. The van der Waals surface area contributed by atoms with Gasteiger partial charge in [0.25, 0.3) is 11.2 Å². The Morgan fingerprint density at radius 1 is 1.18 bits per heavy atom. The molecule has 0 spiro atoms. The lowest BCUT2D eigenvalue weighted by Gasteiger charge is -2.06. The number of hydrogen-bond donors (Lipinski definition) is 2. The van der Waals surface area contributed by atoms with Crippen LogP contribution in [0.1, 0.15) is 25.3 Å². The average Bonchev–Trinajstić information content (AvgIpc) is 2.53. The minimum absolute atomic E-state index is 0.0304. The molecule has 2 aromatic rings. The summed E-state index contributed by atoms with van der Waals surface area (Å²) in [4.78, 5) is 25.1. The number of H-pyrrole nitrogens is 1. The Morgan fingerprint density at radius 2 is 1.91 bits per heavy atom. The van der Waals surface area contributed by atoms with E-state index in [1.807, 2.05) is 6.07 Å². The Kier molecular flexibility index (Phi) is 5.43. The van der Waals surface area contributed by atoms with Crippen LogP contribution in [0.25, 0.3) is 11.3 Å². The van der Waals surface area contributed by atoms with Crippen LogP contribution < -0.4 is 10.9 Å². The van der Waals surface area contributed by atoms with Gasteiger partial charge in [-0.05, 0) is 36.7 Å². The van der Waals surface area contributed by atoms with Crippen molar-refractivity contribution in [1.82, 2.24) is 10.3 Å². The largest absolute Gasteiger partial charge is 0.322 e. The number of hydrogen-bond acceptors (Lipinski definition) is 4. The van der Waals surface area contributed by atoms with Crippen molar-refractivity contribution in [2.24, 2.45) is 0 Å². The Labute approximate surface area is 128 Å². The highest BCUT2D eigenvalue weighted by molar-refractivity contribution is 5.60. The fourth-order valence-electron chi connectivity index (χ4n) is 2.10. The first-order valence-corrected chi connectivity index (χ1v) is 7.29. The number of nitro groups is 1. The highest BCUT2D eigenvalue weighted by Gasteiger charge is 2.07. The second kappa shape index (κ2) is 7.51. The first-order chi connectivity index (χ1) is 10.6. The topological polar surface area (TPSA) is 88.0 Å². The Morgan fingerprint density at radius 3 is 2.50 bits per heavy atom. The number of rotatable bonds is 7. The number of benzene rings is 1. The molecule has 0 bridgehead atoms. The van der Waals surface area contributed by atoms with E-state index in [2.05, 4.69) is 17.2 Å². The zero-order valence-corrected chi connectivity index (χ0v) is 12.5. The summed E-state index contributed by atoms with van der Waals surface area (Å²) >= 11 is 0. The molecule has 1 aromatic heterocycles. The van der Waals surface area contributed by atoms with E-state index in [9.17, 15) is 14.9 Å². The first kappa shape index (κ1) is 15.9. The van der Waals surface area contributed by atoms with Gasteiger partial charge in [-0.1, -0.05) is 19.4 Å². The molecule has 0 fully saturated rings. The molecule has 0 aliphatic carbocycles. The molecule has 6 nitrogen and oxygen atoms in total. The monoisotopic (exact) mass is 301 g/mol. The fraction of sp³-hybridized carbons (Fsp3) is 0.312. The summed E-state index contributed by atoms with van der Waals surface area (Å²) in [5, 5.41) is 13.9. The second-order valence-electron chi connectivity index (χ2n) is 5.06. The van der Waals surface area contributed by atoms with Crippen molar-refractivity contribution in [3.63, 3.8) is 0 Å². The summed E-state index contributed by atoms with van der Waals surface area (Å²) < 4.78 is 0. The van der Waals surface area contributed by atoms with E-state index in [1.165, 1.54) is 12.1 Å². The molecular weight excluding hydrogens is 282 g/mol. The van der Waals surface area contributed by atoms with Gasteiger partial charge < -0.3 is 10.3 Å². The van der Waals surface area contributed by atoms with Crippen molar-refractivity contribution in [1.29, 1.82) is 0 Å². The lowest BCUT2D eigenvalue weighted by atomic mass is 10.1. The van der Waals surface area contributed by atoms with Gasteiger partial charge in [0, 0.05) is 29.9 Å². The molecule has 1 heterocycles. The van der Waals surface area contributed by atoms with Gasteiger partial charge in [-0.15, -0.1) is 0 Å². The molecule has 6 heteroatoms. The molecule has 0 unspecified atom stereocenters.